The molecule has 0 spiro atoms. The molecule has 0 unspecified atom stereocenters. The number of aromatic amines is 1. The summed E-state index contributed by atoms with van der Waals surface area (Å²) in [7, 11) is 1.30. The SMILES string of the molecule is COC(=O)c1cncc(NCc2cn[nH]c2C)n1. The molecule has 0 aromatic carbocycles. The minimum Gasteiger partial charge on any atom is -0.464 e. The molecule has 94 valence electrons. The smallest absolute Gasteiger partial charge is 0.358 e. The molecule has 0 bridgehead atoms. The van der Waals surface area contributed by atoms with Gasteiger partial charge in [0.25, 0.3) is 0 Å². The van der Waals surface area contributed by atoms with E-state index in [4.69, 9.17) is 0 Å². The number of nitrogens with zero attached hydrogens (tertiary/aromatic N) is 3. The number of aryl methyl sites for hydroxylation is 1. The van der Waals surface area contributed by atoms with E-state index >= 15 is 0 Å². The fourth-order valence-electron chi connectivity index (χ4n) is 1.39. The van der Waals surface area contributed by atoms with Crippen LogP contribution in [0.15, 0.2) is 18.6 Å². The highest BCUT2D eigenvalue weighted by atomic mass is 16.5. The van der Waals surface area contributed by atoms with Gasteiger partial charge in [-0.2, -0.15) is 5.10 Å². The summed E-state index contributed by atoms with van der Waals surface area (Å²) in [5.41, 5.74) is 2.19. The molecule has 0 radical (unpaired) electrons. The lowest BCUT2D eigenvalue weighted by molar-refractivity contribution is 0.0593. The molecule has 0 aliphatic rings. The summed E-state index contributed by atoms with van der Waals surface area (Å²) < 4.78 is 4.58. The Balaban J connectivity index is 2.06. The number of rotatable bonds is 4. The van der Waals surface area contributed by atoms with Crippen LogP contribution < -0.4 is 5.32 Å². The summed E-state index contributed by atoms with van der Waals surface area (Å²) in [6.07, 6.45) is 4.64. The molecule has 0 fully saturated rings. The van der Waals surface area contributed by atoms with Crippen molar-refractivity contribution in [3.05, 3.63) is 35.5 Å². The molecule has 0 aliphatic heterocycles. The van der Waals surface area contributed by atoms with Crippen LogP contribution in [-0.2, 0) is 11.3 Å². The minimum atomic E-state index is -0.509. The predicted octanol–water partition coefficient (Wildman–Crippen LogP) is 0.907. The molecule has 18 heavy (non-hydrogen) atoms. The van der Waals surface area contributed by atoms with E-state index in [-0.39, 0.29) is 5.69 Å². The van der Waals surface area contributed by atoms with E-state index in [0.29, 0.717) is 12.4 Å². The lowest BCUT2D eigenvalue weighted by Gasteiger charge is -2.05. The Morgan fingerprint density at radius 1 is 1.44 bits per heavy atom. The van der Waals surface area contributed by atoms with Gasteiger partial charge in [0.1, 0.15) is 5.82 Å². The maximum absolute atomic E-state index is 11.3. The molecule has 0 saturated heterocycles. The van der Waals surface area contributed by atoms with Crippen LogP contribution in [0.4, 0.5) is 5.82 Å². The van der Waals surface area contributed by atoms with Crippen molar-refractivity contribution in [1.29, 1.82) is 0 Å². The quantitative estimate of drug-likeness (QED) is 0.780. The van der Waals surface area contributed by atoms with Crippen LogP contribution in [0.5, 0.6) is 0 Å². The maximum atomic E-state index is 11.3. The van der Waals surface area contributed by atoms with Crippen LogP contribution >= 0.6 is 0 Å². The third-order valence-corrected chi connectivity index (χ3v) is 2.42. The highest BCUT2D eigenvalue weighted by Gasteiger charge is 2.08. The van der Waals surface area contributed by atoms with Crippen molar-refractivity contribution in [2.24, 2.45) is 0 Å². The zero-order valence-electron chi connectivity index (χ0n) is 10.1. The number of H-pyrrole nitrogens is 1. The Labute approximate surface area is 104 Å². The number of hydrogen-bond acceptors (Lipinski definition) is 6. The first-order valence-corrected chi connectivity index (χ1v) is 5.34. The predicted molar refractivity (Wildman–Crippen MR) is 64.0 cm³/mol. The normalized spacial score (nSPS) is 10.1. The summed E-state index contributed by atoms with van der Waals surface area (Å²) in [6, 6.07) is 0. The number of carbonyl (C=O) groups excluding carboxylic acids is 1. The van der Waals surface area contributed by atoms with Gasteiger partial charge in [-0.1, -0.05) is 0 Å². The Bertz CT molecular complexity index is 552. The summed E-state index contributed by atoms with van der Waals surface area (Å²) in [6.45, 7) is 2.49. The summed E-state index contributed by atoms with van der Waals surface area (Å²) in [5, 5.41) is 9.83. The second-order valence-corrected chi connectivity index (χ2v) is 3.65. The van der Waals surface area contributed by atoms with Crippen molar-refractivity contribution in [2.75, 3.05) is 12.4 Å². The number of hydrogen-bond donors (Lipinski definition) is 2. The lowest BCUT2D eigenvalue weighted by atomic mass is 10.2. The first-order chi connectivity index (χ1) is 8.70. The Kier molecular flexibility index (Phi) is 3.52. The molecule has 0 saturated carbocycles. The second kappa shape index (κ2) is 5.26. The van der Waals surface area contributed by atoms with E-state index in [1.165, 1.54) is 13.3 Å². The molecular formula is C11H13N5O2. The van der Waals surface area contributed by atoms with Crippen LogP contribution in [0.2, 0.25) is 0 Å². The lowest BCUT2D eigenvalue weighted by Crippen LogP contribution is -2.08. The van der Waals surface area contributed by atoms with E-state index in [0.717, 1.165) is 11.3 Å². The van der Waals surface area contributed by atoms with Gasteiger partial charge < -0.3 is 10.1 Å². The molecule has 2 heterocycles. The maximum Gasteiger partial charge on any atom is 0.358 e. The van der Waals surface area contributed by atoms with Crippen LogP contribution in [0.25, 0.3) is 0 Å². The summed E-state index contributed by atoms with van der Waals surface area (Å²) in [4.78, 5) is 19.3. The average Bonchev–Trinajstić information content (AvgIpc) is 2.81. The van der Waals surface area contributed by atoms with E-state index in [1.54, 1.807) is 12.4 Å². The number of nitrogens with one attached hydrogen (secondary N) is 2. The molecule has 2 rings (SSSR count). The zero-order valence-corrected chi connectivity index (χ0v) is 10.1. The van der Waals surface area contributed by atoms with Crippen LogP contribution in [0, 0.1) is 6.92 Å². The van der Waals surface area contributed by atoms with Gasteiger partial charge >= 0.3 is 5.97 Å². The van der Waals surface area contributed by atoms with E-state index < -0.39 is 5.97 Å². The van der Waals surface area contributed by atoms with Crippen molar-refractivity contribution in [3.8, 4) is 0 Å². The first kappa shape index (κ1) is 12.0. The van der Waals surface area contributed by atoms with Gasteiger partial charge in [-0.25, -0.2) is 9.78 Å². The number of carbonyl (C=O) groups is 1. The molecule has 2 N–H and O–H groups in total. The highest BCUT2D eigenvalue weighted by Crippen LogP contribution is 2.08. The molecule has 7 heteroatoms. The van der Waals surface area contributed by atoms with Gasteiger partial charge in [0.2, 0.25) is 0 Å². The number of ether oxygens (including phenoxy) is 1. The van der Waals surface area contributed by atoms with Crippen LogP contribution in [-0.4, -0.2) is 33.2 Å². The Hall–Kier alpha value is -2.44. The van der Waals surface area contributed by atoms with Gasteiger partial charge in [0, 0.05) is 17.8 Å². The third-order valence-electron chi connectivity index (χ3n) is 2.42. The van der Waals surface area contributed by atoms with Gasteiger partial charge in [-0.15, -0.1) is 0 Å². The van der Waals surface area contributed by atoms with Gasteiger partial charge in [-0.05, 0) is 6.92 Å². The monoisotopic (exact) mass is 247 g/mol. The number of esters is 1. The summed E-state index contributed by atoms with van der Waals surface area (Å²) in [5.74, 6) is 0.00383. The molecule has 0 amide bonds. The fourth-order valence-corrected chi connectivity index (χ4v) is 1.39. The molecule has 2 aromatic heterocycles. The van der Waals surface area contributed by atoms with E-state index in [2.05, 4.69) is 30.2 Å². The molecule has 0 atom stereocenters. The van der Waals surface area contributed by atoms with Gasteiger partial charge in [0.05, 0.1) is 25.7 Å². The highest BCUT2D eigenvalue weighted by molar-refractivity contribution is 5.87. The molecule has 0 aliphatic carbocycles. The number of anilines is 1. The average molecular weight is 247 g/mol. The molecule has 7 nitrogen and oxygen atoms in total. The van der Waals surface area contributed by atoms with Crippen molar-refractivity contribution < 1.29 is 9.53 Å². The van der Waals surface area contributed by atoms with Crippen LogP contribution in [0.1, 0.15) is 21.7 Å². The van der Waals surface area contributed by atoms with Crippen molar-refractivity contribution in [1.82, 2.24) is 20.2 Å². The van der Waals surface area contributed by atoms with Crippen molar-refractivity contribution in [3.63, 3.8) is 0 Å². The zero-order chi connectivity index (χ0) is 13.0. The van der Waals surface area contributed by atoms with Gasteiger partial charge in [0.15, 0.2) is 5.69 Å². The number of methoxy groups -OCH3 is 1. The summed E-state index contributed by atoms with van der Waals surface area (Å²) >= 11 is 0. The third kappa shape index (κ3) is 2.62. The minimum absolute atomic E-state index is 0.173. The Morgan fingerprint density at radius 2 is 2.28 bits per heavy atom. The molecular weight excluding hydrogens is 234 g/mol. The Morgan fingerprint density at radius 3 is 2.94 bits per heavy atom. The van der Waals surface area contributed by atoms with Gasteiger partial charge in [-0.3, -0.25) is 10.1 Å². The topological polar surface area (TPSA) is 92.8 Å². The van der Waals surface area contributed by atoms with Crippen molar-refractivity contribution in [2.45, 2.75) is 13.5 Å². The van der Waals surface area contributed by atoms with Crippen molar-refractivity contribution >= 4 is 11.8 Å². The molecule has 2 aromatic rings. The van der Waals surface area contributed by atoms with E-state index in [1.807, 2.05) is 6.92 Å². The second-order valence-electron chi connectivity index (χ2n) is 3.65. The first-order valence-electron chi connectivity index (χ1n) is 5.34. The van der Waals surface area contributed by atoms with Crippen LogP contribution in [0.3, 0.4) is 0 Å². The van der Waals surface area contributed by atoms with E-state index in [9.17, 15) is 4.79 Å². The standard InChI is InChI=1S/C11H13N5O2/c1-7-8(4-14-16-7)3-13-10-6-12-5-9(15-10)11(17)18-2/h4-6H,3H2,1-2H3,(H,13,15)(H,14,16). The number of aromatic nitrogens is 4. The largest absolute Gasteiger partial charge is 0.464 e. The fraction of sp³-hybridized carbons (Fsp3) is 0.273.